The summed E-state index contributed by atoms with van der Waals surface area (Å²) in [5, 5.41) is 8.56. The first kappa shape index (κ1) is 16.8. The second-order valence-corrected chi connectivity index (χ2v) is 5.06. The number of aliphatic carboxylic acids is 1. The average Bonchev–Trinajstić information content (AvgIpc) is 2.44. The Morgan fingerprint density at radius 3 is 2.45 bits per heavy atom. The molecule has 0 bridgehead atoms. The molecule has 0 saturated carbocycles. The van der Waals surface area contributed by atoms with Gasteiger partial charge in [-0.15, -0.1) is 0 Å². The van der Waals surface area contributed by atoms with Gasteiger partial charge in [-0.2, -0.15) is 0 Å². The van der Waals surface area contributed by atoms with E-state index in [9.17, 15) is 9.59 Å². The van der Waals surface area contributed by atoms with Gasteiger partial charge in [0.2, 0.25) is 0 Å². The van der Waals surface area contributed by atoms with Crippen LogP contribution in [0.15, 0.2) is 0 Å². The number of nitrogens with zero attached hydrogens (tertiary/aromatic N) is 2. The number of urea groups is 1. The molecule has 0 aromatic rings. The van der Waals surface area contributed by atoms with Crippen molar-refractivity contribution >= 4 is 12.0 Å². The first-order valence-electron chi connectivity index (χ1n) is 7.45. The standard InChI is InChI=1S/C14H26N2O4/c1-3-8-15(4-2)14(19)16-9-5-12(6-10-16)20-11-7-13(17)18/h12H,3-11H2,1-2H3,(H,17,18). The molecule has 20 heavy (non-hydrogen) atoms. The number of rotatable bonds is 7. The Labute approximate surface area is 120 Å². The normalized spacial score (nSPS) is 16.2. The number of hydrogen-bond acceptors (Lipinski definition) is 3. The number of carboxylic acid groups (broad SMARTS) is 1. The van der Waals surface area contributed by atoms with Crippen LogP contribution in [-0.4, -0.2) is 65.8 Å². The predicted molar refractivity (Wildman–Crippen MR) is 75.7 cm³/mol. The summed E-state index contributed by atoms with van der Waals surface area (Å²) in [6, 6.07) is 0.110. The Morgan fingerprint density at radius 1 is 1.30 bits per heavy atom. The summed E-state index contributed by atoms with van der Waals surface area (Å²) in [6.45, 7) is 7.23. The molecule has 1 aliphatic heterocycles. The minimum Gasteiger partial charge on any atom is -0.481 e. The Balaban J connectivity index is 2.30. The number of amides is 2. The lowest BCUT2D eigenvalue weighted by Gasteiger charge is -2.35. The van der Waals surface area contributed by atoms with E-state index < -0.39 is 5.97 Å². The van der Waals surface area contributed by atoms with E-state index in [1.54, 1.807) is 0 Å². The largest absolute Gasteiger partial charge is 0.481 e. The fourth-order valence-electron chi connectivity index (χ4n) is 2.39. The van der Waals surface area contributed by atoms with Crippen molar-refractivity contribution in [1.29, 1.82) is 0 Å². The summed E-state index contributed by atoms with van der Waals surface area (Å²) >= 11 is 0. The number of carbonyl (C=O) groups excluding carboxylic acids is 1. The van der Waals surface area contributed by atoms with Crippen molar-refractivity contribution in [2.45, 2.75) is 45.6 Å². The molecule has 0 atom stereocenters. The van der Waals surface area contributed by atoms with Gasteiger partial charge in [0.15, 0.2) is 0 Å². The van der Waals surface area contributed by atoms with Gasteiger partial charge >= 0.3 is 12.0 Å². The molecule has 1 fully saturated rings. The molecule has 1 N–H and O–H groups in total. The monoisotopic (exact) mass is 286 g/mol. The van der Waals surface area contributed by atoms with Crippen molar-refractivity contribution < 1.29 is 19.4 Å². The zero-order chi connectivity index (χ0) is 15.0. The summed E-state index contributed by atoms with van der Waals surface area (Å²) in [6.07, 6.45) is 2.66. The van der Waals surface area contributed by atoms with E-state index in [4.69, 9.17) is 9.84 Å². The van der Waals surface area contributed by atoms with Crippen LogP contribution in [0.1, 0.15) is 39.5 Å². The fourth-order valence-corrected chi connectivity index (χ4v) is 2.39. The van der Waals surface area contributed by atoms with E-state index in [1.165, 1.54) is 0 Å². The number of hydrogen-bond donors (Lipinski definition) is 1. The molecule has 0 aliphatic carbocycles. The maximum Gasteiger partial charge on any atom is 0.319 e. The van der Waals surface area contributed by atoms with Gasteiger partial charge in [-0.3, -0.25) is 4.79 Å². The van der Waals surface area contributed by atoms with Gasteiger partial charge in [-0.05, 0) is 26.2 Å². The molecule has 1 heterocycles. The quantitative estimate of drug-likeness (QED) is 0.774. The highest BCUT2D eigenvalue weighted by molar-refractivity contribution is 5.74. The van der Waals surface area contributed by atoms with Gasteiger partial charge < -0.3 is 19.6 Å². The van der Waals surface area contributed by atoms with E-state index in [0.717, 1.165) is 32.4 Å². The number of carbonyl (C=O) groups is 2. The van der Waals surface area contributed by atoms with E-state index >= 15 is 0 Å². The minimum absolute atomic E-state index is 0.0409. The average molecular weight is 286 g/mol. The van der Waals surface area contributed by atoms with Gasteiger partial charge in [-0.1, -0.05) is 6.92 Å². The van der Waals surface area contributed by atoms with Crippen molar-refractivity contribution in [1.82, 2.24) is 9.80 Å². The van der Waals surface area contributed by atoms with Gasteiger partial charge in [0.1, 0.15) is 0 Å². The summed E-state index contributed by atoms with van der Waals surface area (Å²) < 4.78 is 5.52. The van der Waals surface area contributed by atoms with Crippen LogP contribution >= 0.6 is 0 Å². The van der Waals surface area contributed by atoms with Crippen molar-refractivity contribution in [2.75, 3.05) is 32.8 Å². The predicted octanol–water partition coefficient (Wildman–Crippen LogP) is 1.79. The van der Waals surface area contributed by atoms with Crippen molar-refractivity contribution in [3.63, 3.8) is 0 Å². The third-order valence-corrected chi connectivity index (χ3v) is 3.53. The molecule has 1 aliphatic rings. The number of ether oxygens (including phenoxy) is 1. The lowest BCUT2D eigenvalue weighted by Crippen LogP contribution is -2.48. The zero-order valence-corrected chi connectivity index (χ0v) is 12.5. The Bertz CT molecular complexity index is 314. The molecule has 0 aromatic carbocycles. The number of likely N-dealkylation sites (tertiary alicyclic amines) is 1. The molecule has 1 saturated heterocycles. The Morgan fingerprint density at radius 2 is 1.95 bits per heavy atom. The highest BCUT2D eigenvalue weighted by atomic mass is 16.5. The number of piperidine rings is 1. The summed E-state index contributed by atoms with van der Waals surface area (Å²) in [7, 11) is 0. The van der Waals surface area contributed by atoms with Crippen LogP contribution in [-0.2, 0) is 9.53 Å². The number of carboxylic acids is 1. The molecule has 6 heteroatoms. The van der Waals surface area contributed by atoms with Gasteiger partial charge in [0.05, 0.1) is 19.1 Å². The fraction of sp³-hybridized carbons (Fsp3) is 0.857. The Hall–Kier alpha value is -1.30. The third kappa shape index (κ3) is 5.36. The van der Waals surface area contributed by atoms with E-state index in [1.807, 2.05) is 16.7 Å². The minimum atomic E-state index is -0.837. The van der Waals surface area contributed by atoms with Crippen molar-refractivity contribution in [3.05, 3.63) is 0 Å². The molecule has 0 radical (unpaired) electrons. The van der Waals surface area contributed by atoms with E-state index in [-0.39, 0.29) is 25.2 Å². The van der Waals surface area contributed by atoms with E-state index in [0.29, 0.717) is 13.1 Å². The lowest BCUT2D eigenvalue weighted by molar-refractivity contribution is -0.138. The van der Waals surface area contributed by atoms with Crippen LogP contribution in [0.3, 0.4) is 0 Å². The van der Waals surface area contributed by atoms with Gasteiger partial charge in [0, 0.05) is 26.2 Å². The van der Waals surface area contributed by atoms with Gasteiger partial charge in [0.25, 0.3) is 0 Å². The van der Waals surface area contributed by atoms with Crippen molar-refractivity contribution in [3.8, 4) is 0 Å². The van der Waals surface area contributed by atoms with Crippen LogP contribution < -0.4 is 0 Å². The molecule has 6 nitrogen and oxygen atoms in total. The van der Waals surface area contributed by atoms with E-state index in [2.05, 4.69) is 6.92 Å². The summed E-state index contributed by atoms with van der Waals surface area (Å²) in [5.41, 5.74) is 0. The third-order valence-electron chi connectivity index (χ3n) is 3.53. The molecular weight excluding hydrogens is 260 g/mol. The molecule has 0 spiro atoms. The van der Waals surface area contributed by atoms with Crippen LogP contribution in [0.2, 0.25) is 0 Å². The molecule has 0 aromatic heterocycles. The van der Waals surface area contributed by atoms with Gasteiger partial charge in [-0.25, -0.2) is 4.79 Å². The maximum absolute atomic E-state index is 12.3. The van der Waals surface area contributed by atoms with Crippen LogP contribution in [0.4, 0.5) is 4.79 Å². The molecule has 0 unspecified atom stereocenters. The first-order valence-corrected chi connectivity index (χ1v) is 7.45. The highest BCUT2D eigenvalue weighted by Crippen LogP contribution is 2.15. The van der Waals surface area contributed by atoms with Crippen LogP contribution in [0.5, 0.6) is 0 Å². The maximum atomic E-state index is 12.3. The highest BCUT2D eigenvalue weighted by Gasteiger charge is 2.25. The zero-order valence-electron chi connectivity index (χ0n) is 12.5. The molecular formula is C14H26N2O4. The molecule has 1 rings (SSSR count). The first-order chi connectivity index (χ1) is 9.58. The molecule has 116 valence electrons. The van der Waals surface area contributed by atoms with Crippen LogP contribution in [0, 0.1) is 0 Å². The second kappa shape index (κ2) is 8.79. The topological polar surface area (TPSA) is 70.1 Å². The van der Waals surface area contributed by atoms with Crippen LogP contribution in [0.25, 0.3) is 0 Å². The second-order valence-electron chi connectivity index (χ2n) is 5.06. The Kier molecular flexibility index (Phi) is 7.36. The van der Waals surface area contributed by atoms with Crippen molar-refractivity contribution in [2.24, 2.45) is 0 Å². The molecule has 2 amide bonds. The summed E-state index contributed by atoms with van der Waals surface area (Å²) in [4.78, 5) is 26.4. The SMILES string of the molecule is CCCN(CC)C(=O)N1CCC(OCCC(=O)O)CC1. The lowest BCUT2D eigenvalue weighted by atomic mass is 10.1. The summed E-state index contributed by atoms with van der Waals surface area (Å²) in [5.74, 6) is -0.837. The smallest absolute Gasteiger partial charge is 0.319 e.